The van der Waals surface area contributed by atoms with E-state index in [0.717, 1.165) is 17.9 Å². The maximum atomic E-state index is 9.39. The van der Waals surface area contributed by atoms with Crippen LogP contribution in [0.1, 0.15) is 44.6 Å². The van der Waals surface area contributed by atoms with E-state index in [0.29, 0.717) is 6.04 Å². The molecule has 17 heavy (non-hydrogen) atoms. The van der Waals surface area contributed by atoms with E-state index >= 15 is 0 Å². The van der Waals surface area contributed by atoms with E-state index in [-0.39, 0.29) is 6.61 Å². The van der Waals surface area contributed by atoms with Crippen LogP contribution in [0.5, 0.6) is 0 Å². The molecule has 0 amide bonds. The minimum Gasteiger partial charge on any atom is -0.392 e. The molecule has 94 valence electrons. The Kier molecular flexibility index (Phi) is 4.37. The summed E-state index contributed by atoms with van der Waals surface area (Å²) in [6, 6.07) is 4.46. The number of aromatic nitrogens is 1. The number of pyridine rings is 1. The zero-order valence-electron chi connectivity index (χ0n) is 10.6. The van der Waals surface area contributed by atoms with Gasteiger partial charge in [0.1, 0.15) is 5.82 Å². The molecule has 3 heteroatoms. The van der Waals surface area contributed by atoms with Gasteiger partial charge in [0.15, 0.2) is 0 Å². The van der Waals surface area contributed by atoms with Crippen LogP contribution in [0, 0.1) is 0 Å². The van der Waals surface area contributed by atoms with E-state index in [1.54, 1.807) is 0 Å². The van der Waals surface area contributed by atoms with Crippen LogP contribution in [-0.2, 0) is 6.61 Å². The van der Waals surface area contributed by atoms with Crippen LogP contribution in [-0.4, -0.2) is 22.7 Å². The second kappa shape index (κ2) is 6.01. The standard InChI is InChI=1S/C14H22N2O/c1-2-16(13-8-4-3-5-9-13)14-12(11-17)7-6-10-15-14/h6-7,10,13,17H,2-5,8-9,11H2,1H3. The molecule has 1 heterocycles. The van der Waals surface area contributed by atoms with Crippen molar-refractivity contribution in [2.45, 2.75) is 51.7 Å². The molecule has 1 aromatic heterocycles. The largest absolute Gasteiger partial charge is 0.392 e. The lowest BCUT2D eigenvalue weighted by atomic mass is 9.94. The highest BCUT2D eigenvalue weighted by Crippen LogP contribution is 2.27. The fraction of sp³-hybridized carbons (Fsp3) is 0.643. The van der Waals surface area contributed by atoms with Crippen molar-refractivity contribution in [3.05, 3.63) is 23.9 Å². The summed E-state index contributed by atoms with van der Waals surface area (Å²) in [7, 11) is 0. The molecule has 0 unspecified atom stereocenters. The number of rotatable bonds is 4. The topological polar surface area (TPSA) is 36.4 Å². The van der Waals surface area contributed by atoms with E-state index < -0.39 is 0 Å². The lowest BCUT2D eigenvalue weighted by molar-refractivity contribution is 0.281. The molecule has 1 fully saturated rings. The first-order valence-corrected chi connectivity index (χ1v) is 6.68. The minimum atomic E-state index is 0.0758. The number of hydrogen-bond acceptors (Lipinski definition) is 3. The van der Waals surface area contributed by atoms with Crippen molar-refractivity contribution >= 4 is 5.82 Å². The van der Waals surface area contributed by atoms with Crippen LogP contribution in [0.25, 0.3) is 0 Å². The van der Waals surface area contributed by atoms with Crippen molar-refractivity contribution in [3.8, 4) is 0 Å². The molecule has 0 radical (unpaired) electrons. The van der Waals surface area contributed by atoms with Crippen LogP contribution in [0.15, 0.2) is 18.3 Å². The molecule has 0 spiro atoms. The number of hydrogen-bond donors (Lipinski definition) is 1. The SMILES string of the molecule is CCN(c1ncccc1CO)C1CCCCC1. The van der Waals surface area contributed by atoms with Gasteiger partial charge in [-0.05, 0) is 25.8 Å². The van der Waals surface area contributed by atoms with Crippen molar-refractivity contribution in [2.75, 3.05) is 11.4 Å². The summed E-state index contributed by atoms with van der Waals surface area (Å²) in [5, 5.41) is 9.39. The van der Waals surface area contributed by atoms with Gasteiger partial charge < -0.3 is 10.0 Å². The molecular formula is C14H22N2O. The third-order valence-electron chi connectivity index (χ3n) is 3.67. The van der Waals surface area contributed by atoms with Gasteiger partial charge in [-0.1, -0.05) is 25.3 Å². The maximum Gasteiger partial charge on any atom is 0.134 e. The van der Waals surface area contributed by atoms with Crippen LogP contribution < -0.4 is 4.90 Å². The Morgan fingerprint density at radius 2 is 2.12 bits per heavy atom. The third kappa shape index (κ3) is 2.78. The molecule has 0 saturated heterocycles. The van der Waals surface area contributed by atoms with Gasteiger partial charge in [-0.3, -0.25) is 0 Å². The highest BCUT2D eigenvalue weighted by atomic mass is 16.3. The molecule has 0 atom stereocenters. The highest BCUT2D eigenvalue weighted by molar-refractivity contribution is 5.47. The zero-order chi connectivity index (χ0) is 12.1. The quantitative estimate of drug-likeness (QED) is 0.870. The number of aliphatic hydroxyl groups excluding tert-OH is 1. The molecule has 1 aliphatic rings. The lowest BCUT2D eigenvalue weighted by Crippen LogP contribution is -2.37. The zero-order valence-corrected chi connectivity index (χ0v) is 10.6. The molecule has 1 saturated carbocycles. The van der Waals surface area contributed by atoms with E-state index in [2.05, 4.69) is 16.8 Å². The Morgan fingerprint density at radius 1 is 1.35 bits per heavy atom. The van der Waals surface area contributed by atoms with Gasteiger partial charge in [0.05, 0.1) is 6.61 Å². The van der Waals surface area contributed by atoms with Crippen LogP contribution in [0.3, 0.4) is 0 Å². The molecular weight excluding hydrogens is 212 g/mol. The highest BCUT2D eigenvalue weighted by Gasteiger charge is 2.22. The van der Waals surface area contributed by atoms with Gasteiger partial charge in [0.25, 0.3) is 0 Å². The molecule has 0 aliphatic heterocycles. The summed E-state index contributed by atoms with van der Waals surface area (Å²) in [6.07, 6.45) is 8.35. The van der Waals surface area contributed by atoms with Crippen LogP contribution in [0.2, 0.25) is 0 Å². The summed E-state index contributed by atoms with van der Waals surface area (Å²) in [5.41, 5.74) is 0.944. The Morgan fingerprint density at radius 3 is 2.76 bits per heavy atom. The Bertz CT molecular complexity index is 348. The molecule has 1 aromatic rings. The molecule has 0 bridgehead atoms. The van der Waals surface area contributed by atoms with Crippen molar-refractivity contribution < 1.29 is 5.11 Å². The van der Waals surface area contributed by atoms with Gasteiger partial charge in [0, 0.05) is 24.3 Å². The monoisotopic (exact) mass is 234 g/mol. The van der Waals surface area contributed by atoms with Crippen molar-refractivity contribution in [1.29, 1.82) is 0 Å². The van der Waals surface area contributed by atoms with E-state index in [4.69, 9.17) is 0 Å². The van der Waals surface area contributed by atoms with Gasteiger partial charge >= 0.3 is 0 Å². The summed E-state index contributed by atoms with van der Waals surface area (Å²) >= 11 is 0. The smallest absolute Gasteiger partial charge is 0.134 e. The van der Waals surface area contributed by atoms with Crippen molar-refractivity contribution in [3.63, 3.8) is 0 Å². The Hall–Kier alpha value is -1.09. The normalized spacial score (nSPS) is 17.1. The van der Waals surface area contributed by atoms with E-state index in [9.17, 15) is 5.11 Å². The molecule has 3 nitrogen and oxygen atoms in total. The van der Waals surface area contributed by atoms with Crippen molar-refractivity contribution in [1.82, 2.24) is 4.98 Å². The fourth-order valence-corrected chi connectivity index (χ4v) is 2.79. The summed E-state index contributed by atoms with van der Waals surface area (Å²) in [4.78, 5) is 6.83. The molecule has 2 rings (SSSR count). The van der Waals surface area contributed by atoms with Crippen molar-refractivity contribution in [2.24, 2.45) is 0 Å². The average molecular weight is 234 g/mol. The number of anilines is 1. The first kappa shape index (κ1) is 12.4. The number of aliphatic hydroxyl groups is 1. The van der Waals surface area contributed by atoms with Gasteiger partial charge in [0.2, 0.25) is 0 Å². The predicted molar refractivity (Wildman–Crippen MR) is 70.1 cm³/mol. The van der Waals surface area contributed by atoms with E-state index in [1.807, 2.05) is 18.3 Å². The third-order valence-corrected chi connectivity index (χ3v) is 3.67. The maximum absolute atomic E-state index is 9.39. The second-order valence-electron chi connectivity index (χ2n) is 4.72. The summed E-state index contributed by atoms with van der Waals surface area (Å²) in [5.74, 6) is 0.976. The summed E-state index contributed by atoms with van der Waals surface area (Å²) < 4.78 is 0. The average Bonchev–Trinajstić information content (AvgIpc) is 2.41. The molecule has 1 N–H and O–H groups in total. The van der Waals surface area contributed by atoms with Gasteiger partial charge in [-0.15, -0.1) is 0 Å². The first-order valence-electron chi connectivity index (χ1n) is 6.68. The molecule has 0 aromatic carbocycles. The second-order valence-corrected chi connectivity index (χ2v) is 4.72. The van der Waals surface area contributed by atoms with Gasteiger partial charge in [-0.25, -0.2) is 4.98 Å². The summed E-state index contributed by atoms with van der Waals surface area (Å²) in [6.45, 7) is 3.21. The number of nitrogens with zero attached hydrogens (tertiary/aromatic N) is 2. The molecule has 1 aliphatic carbocycles. The lowest BCUT2D eigenvalue weighted by Gasteiger charge is -2.35. The van der Waals surface area contributed by atoms with Gasteiger partial charge in [-0.2, -0.15) is 0 Å². The first-order chi connectivity index (χ1) is 8.36. The fourth-order valence-electron chi connectivity index (χ4n) is 2.79. The Labute approximate surface area is 103 Å². The van der Waals surface area contributed by atoms with Crippen LogP contribution >= 0.6 is 0 Å². The predicted octanol–water partition coefficient (Wildman–Crippen LogP) is 2.73. The van der Waals surface area contributed by atoms with Crippen LogP contribution in [0.4, 0.5) is 5.82 Å². The van der Waals surface area contributed by atoms with E-state index in [1.165, 1.54) is 32.1 Å². The minimum absolute atomic E-state index is 0.0758. The Balaban J connectivity index is 2.21.